The van der Waals surface area contributed by atoms with E-state index in [1.807, 2.05) is 33.8 Å². The molecule has 5 nitrogen and oxygen atoms in total. The molecule has 1 aromatic heterocycles. The molecule has 0 amide bonds. The number of rotatable bonds is 2. The minimum Gasteiger partial charge on any atom is -0.368 e. The van der Waals surface area contributed by atoms with Crippen LogP contribution in [0.15, 0.2) is 23.3 Å². The van der Waals surface area contributed by atoms with Gasteiger partial charge in [0.15, 0.2) is 11.5 Å². The first-order valence-electron chi connectivity index (χ1n) is 7.36. The number of hydrogen-bond donors (Lipinski definition) is 1. The average molecular weight is 286 g/mol. The Hall–Kier alpha value is -1.75. The van der Waals surface area contributed by atoms with E-state index in [9.17, 15) is 5.11 Å². The van der Waals surface area contributed by atoms with Crippen LogP contribution in [0.3, 0.4) is 0 Å². The summed E-state index contributed by atoms with van der Waals surface area (Å²) in [6.07, 6.45) is 1.55. The first kappa shape index (κ1) is 14.2. The largest absolute Gasteiger partial charge is 0.368 e. The summed E-state index contributed by atoms with van der Waals surface area (Å²) in [5, 5.41) is 17.5. The molecule has 21 heavy (non-hydrogen) atoms. The van der Waals surface area contributed by atoms with Crippen LogP contribution in [0.1, 0.15) is 38.2 Å². The topological polar surface area (TPSA) is 61.6 Å². The maximum atomic E-state index is 11.2. The van der Waals surface area contributed by atoms with Crippen LogP contribution in [-0.4, -0.2) is 26.5 Å². The van der Waals surface area contributed by atoms with Crippen molar-refractivity contribution < 1.29 is 5.11 Å². The van der Waals surface area contributed by atoms with Crippen molar-refractivity contribution in [2.24, 2.45) is 16.9 Å². The number of aromatic nitrogens is 2. The molecule has 1 N–H and O–H groups in total. The SMILES string of the molecule is C=C(C)[C@@H]1C[C@@H]2C(C)=NN(c3cc(C)nc(C)n3)[C@]2(O)C1. The molecule has 0 radical (unpaired) electrons. The van der Waals surface area contributed by atoms with Gasteiger partial charge in [-0.25, -0.2) is 15.0 Å². The summed E-state index contributed by atoms with van der Waals surface area (Å²) in [7, 11) is 0. The minimum atomic E-state index is -0.985. The summed E-state index contributed by atoms with van der Waals surface area (Å²) in [5.41, 5.74) is 1.99. The van der Waals surface area contributed by atoms with E-state index in [1.54, 1.807) is 5.01 Å². The highest BCUT2D eigenvalue weighted by Crippen LogP contribution is 2.49. The van der Waals surface area contributed by atoms with Gasteiger partial charge in [-0.2, -0.15) is 5.10 Å². The van der Waals surface area contributed by atoms with Gasteiger partial charge in [0.1, 0.15) is 5.82 Å². The van der Waals surface area contributed by atoms with Crippen molar-refractivity contribution >= 4 is 11.5 Å². The third-order valence-corrected chi connectivity index (χ3v) is 4.62. The van der Waals surface area contributed by atoms with Gasteiger partial charge in [0.2, 0.25) is 0 Å². The van der Waals surface area contributed by atoms with E-state index >= 15 is 0 Å². The Morgan fingerprint density at radius 2 is 2.10 bits per heavy atom. The smallest absolute Gasteiger partial charge is 0.168 e. The molecule has 1 aliphatic heterocycles. The average Bonchev–Trinajstić information content (AvgIpc) is 2.83. The molecule has 1 aliphatic carbocycles. The fraction of sp³-hybridized carbons (Fsp3) is 0.562. The fourth-order valence-corrected chi connectivity index (χ4v) is 3.55. The lowest BCUT2D eigenvalue weighted by Crippen LogP contribution is -2.46. The number of nitrogens with zero attached hydrogens (tertiary/aromatic N) is 4. The van der Waals surface area contributed by atoms with E-state index in [-0.39, 0.29) is 5.92 Å². The molecule has 0 saturated heterocycles. The molecule has 1 fully saturated rings. The van der Waals surface area contributed by atoms with Crippen LogP contribution in [0.25, 0.3) is 0 Å². The van der Waals surface area contributed by atoms with Crippen LogP contribution in [0.5, 0.6) is 0 Å². The van der Waals surface area contributed by atoms with E-state index in [1.165, 1.54) is 0 Å². The molecule has 3 atom stereocenters. The van der Waals surface area contributed by atoms with E-state index < -0.39 is 5.72 Å². The molecule has 1 aromatic rings. The quantitative estimate of drug-likeness (QED) is 0.849. The molecule has 0 bridgehead atoms. The Morgan fingerprint density at radius 1 is 1.38 bits per heavy atom. The van der Waals surface area contributed by atoms with Crippen LogP contribution in [0.4, 0.5) is 5.82 Å². The molecule has 0 spiro atoms. The van der Waals surface area contributed by atoms with Gasteiger partial charge < -0.3 is 5.11 Å². The van der Waals surface area contributed by atoms with E-state index in [0.29, 0.717) is 24.0 Å². The highest BCUT2D eigenvalue weighted by atomic mass is 16.3. The first-order valence-corrected chi connectivity index (χ1v) is 7.36. The molecule has 0 unspecified atom stereocenters. The van der Waals surface area contributed by atoms with Gasteiger partial charge in [0.25, 0.3) is 0 Å². The summed E-state index contributed by atoms with van der Waals surface area (Å²) in [6, 6.07) is 1.87. The molecule has 112 valence electrons. The number of hydrazone groups is 1. The number of anilines is 1. The fourth-order valence-electron chi connectivity index (χ4n) is 3.55. The second kappa shape index (κ2) is 4.63. The van der Waals surface area contributed by atoms with Gasteiger partial charge in [-0.15, -0.1) is 0 Å². The van der Waals surface area contributed by atoms with Gasteiger partial charge in [-0.1, -0.05) is 12.2 Å². The van der Waals surface area contributed by atoms with E-state index in [4.69, 9.17) is 0 Å². The minimum absolute atomic E-state index is 0.0507. The molecule has 2 heterocycles. The normalized spacial score (nSPS) is 31.3. The number of allylic oxidation sites excluding steroid dienone is 1. The van der Waals surface area contributed by atoms with Crippen molar-refractivity contribution in [2.75, 3.05) is 5.01 Å². The molecule has 2 aliphatic rings. The zero-order chi connectivity index (χ0) is 15.4. The second-order valence-corrected chi connectivity index (χ2v) is 6.38. The predicted octanol–water partition coefficient (Wildman–Crippen LogP) is 2.58. The van der Waals surface area contributed by atoms with Crippen molar-refractivity contribution in [3.05, 3.63) is 29.7 Å². The van der Waals surface area contributed by atoms with Crippen molar-refractivity contribution in [1.29, 1.82) is 0 Å². The van der Waals surface area contributed by atoms with Crippen LogP contribution in [0, 0.1) is 25.7 Å². The summed E-state index contributed by atoms with van der Waals surface area (Å²) >= 11 is 0. The number of fused-ring (bicyclic) bond motifs is 1. The Balaban J connectivity index is 2.02. The van der Waals surface area contributed by atoms with Gasteiger partial charge in [-0.05, 0) is 40.0 Å². The monoisotopic (exact) mass is 286 g/mol. The summed E-state index contributed by atoms with van der Waals surface area (Å²) < 4.78 is 0. The third kappa shape index (κ3) is 2.16. The zero-order valence-electron chi connectivity index (χ0n) is 13.1. The molecule has 0 aromatic carbocycles. The lowest BCUT2D eigenvalue weighted by Gasteiger charge is -2.32. The molecule has 3 rings (SSSR count). The van der Waals surface area contributed by atoms with Crippen molar-refractivity contribution in [3.63, 3.8) is 0 Å². The van der Waals surface area contributed by atoms with Crippen molar-refractivity contribution in [1.82, 2.24) is 9.97 Å². The summed E-state index contributed by atoms with van der Waals surface area (Å²) in [5.74, 6) is 1.75. The zero-order valence-corrected chi connectivity index (χ0v) is 13.1. The third-order valence-electron chi connectivity index (χ3n) is 4.62. The van der Waals surface area contributed by atoms with Gasteiger partial charge in [0, 0.05) is 29.8 Å². The van der Waals surface area contributed by atoms with Gasteiger partial charge in [0.05, 0.1) is 0 Å². The van der Waals surface area contributed by atoms with Crippen LogP contribution in [-0.2, 0) is 0 Å². The maximum absolute atomic E-state index is 11.2. The molecule has 5 heteroatoms. The molecular formula is C16H22N4O. The summed E-state index contributed by atoms with van der Waals surface area (Å²) in [6.45, 7) is 11.9. The van der Waals surface area contributed by atoms with E-state index in [0.717, 1.165) is 23.4 Å². The lowest BCUT2D eigenvalue weighted by molar-refractivity contribution is 0.0294. The Kier molecular flexibility index (Phi) is 3.13. The molecule has 1 saturated carbocycles. The van der Waals surface area contributed by atoms with Crippen LogP contribution in [0.2, 0.25) is 0 Å². The van der Waals surface area contributed by atoms with E-state index in [2.05, 4.69) is 21.6 Å². The standard InChI is InChI=1S/C16H22N4O/c1-9(2)13-7-14-11(4)19-20(16(14,21)8-13)15-6-10(3)17-12(5)18-15/h6,13-14,21H,1,7-8H2,2-5H3/t13-,14-,16+/m1/s1. The van der Waals surface area contributed by atoms with Crippen molar-refractivity contribution in [3.8, 4) is 0 Å². The highest BCUT2D eigenvalue weighted by Gasteiger charge is 2.56. The maximum Gasteiger partial charge on any atom is 0.168 e. The Morgan fingerprint density at radius 3 is 2.71 bits per heavy atom. The first-order chi connectivity index (χ1) is 9.81. The summed E-state index contributed by atoms with van der Waals surface area (Å²) in [4.78, 5) is 8.75. The van der Waals surface area contributed by atoms with Gasteiger partial charge in [-0.3, -0.25) is 0 Å². The van der Waals surface area contributed by atoms with Gasteiger partial charge >= 0.3 is 0 Å². The van der Waals surface area contributed by atoms with Crippen molar-refractivity contribution in [2.45, 2.75) is 46.3 Å². The number of aliphatic hydroxyl groups is 1. The highest BCUT2D eigenvalue weighted by molar-refractivity contribution is 5.90. The Labute approximate surface area is 125 Å². The predicted molar refractivity (Wildman–Crippen MR) is 83.1 cm³/mol. The lowest BCUT2D eigenvalue weighted by atomic mass is 9.95. The van der Waals surface area contributed by atoms with Crippen LogP contribution < -0.4 is 5.01 Å². The number of hydrogen-bond acceptors (Lipinski definition) is 5. The number of aryl methyl sites for hydroxylation is 2. The molecular weight excluding hydrogens is 264 g/mol. The second-order valence-electron chi connectivity index (χ2n) is 6.38. The van der Waals surface area contributed by atoms with Crippen LogP contribution >= 0.6 is 0 Å². The Bertz CT molecular complexity index is 619.